The average molecular weight is 442 g/mol. The van der Waals surface area contributed by atoms with Crippen molar-refractivity contribution in [1.29, 1.82) is 0 Å². The number of carbonyl (C=O) groups excluding carboxylic acids is 1. The van der Waals surface area contributed by atoms with Crippen molar-refractivity contribution in [2.75, 3.05) is 19.0 Å². The van der Waals surface area contributed by atoms with Crippen molar-refractivity contribution in [2.24, 2.45) is 5.41 Å². The molecule has 0 bridgehead atoms. The summed E-state index contributed by atoms with van der Waals surface area (Å²) in [7, 11) is 0. The van der Waals surface area contributed by atoms with Crippen LogP contribution in [0.3, 0.4) is 0 Å². The maximum Gasteiger partial charge on any atom is 0.416 e. The van der Waals surface area contributed by atoms with E-state index in [1.54, 1.807) is 26.0 Å². The van der Waals surface area contributed by atoms with Crippen molar-refractivity contribution >= 4 is 17.7 Å². The molecule has 2 unspecified atom stereocenters. The van der Waals surface area contributed by atoms with Crippen LogP contribution in [0.4, 0.5) is 13.2 Å². The average Bonchev–Trinajstić information content (AvgIpc) is 3.07. The summed E-state index contributed by atoms with van der Waals surface area (Å²) < 4.78 is 48.6. The normalized spacial score (nSPS) is 19.8. The van der Waals surface area contributed by atoms with E-state index < -0.39 is 29.2 Å². The van der Waals surface area contributed by atoms with E-state index in [9.17, 15) is 23.1 Å². The minimum Gasteiger partial charge on any atom is -0.482 e. The standard InChI is InChI=1S/C22H25F3O4S/c1-4-28-20(27)13-29-19-6-5-18(11-15(19)2)30-14-17(26)8-10-21(3)9-7-16(12-21)22(23,24)25/h5-12,17,26H,4,13-14H2,1-3H3/b10-8+. The van der Waals surface area contributed by atoms with Crippen LogP contribution in [0.25, 0.3) is 0 Å². The molecule has 2 atom stereocenters. The van der Waals surface area contributed by atoms with E-state index in [0.717, 1.165) is 22.6 Å². The molecule has 0 fully saturated rings. The van der Waals surface area contributed by atoms with Crippen LogP contribution in [0.5, 0.6) is 5.75 Å². The quantitative estimate of drug-likeness (QED) is 0.331. The molecule has 1 aliphatic carbocycles. The second-order valence-electron chi connectivity index (χ2n) is 7.06. The first kappa shape index (κ1) is 24.1. The number of thioether (sulfide) groups is 1. The lowest BCUT2D eigenvalue weighted by Crippen LogP contribution is -2.14. The van der Waals surface area contributed by atoms with Gasteiger partial charge in [-0.25, -0.2) is 4.79 Å². The van der Waals surface area contributed by atoms with E-state index in [2.05, 4.69) is 0 Å². The zero-order valence-electron chi connectivity index (χ0n) is 17.0. The molecule has 0 aromatic heterocycles. The lowest BCUT2D eigenvalue weighted by atomic mass is 9.91. The molecule has 0 saturated heterocycles. The SMILES string of the molecule is CCOC(=O)COc1ccc(SCC(O)/C=C/C2(C)C=CC(C(F)(F)F)=C2)cc1C. The highest BCUT2D eigenvalue weighted by Crippen LogP contribution is 2.38. The summed E-state index contributed by atoms with van der Waals surface area (Å²) in [5.41, 5.74) is -0.715. The zero-order chi connectivity index (χ0) is 22.4. The van der Waals surface area contributed by atoms with Crippen LogP contribution in [0.1, 0.15) is 19.4 Å². The molecule has 1 N–H and O–H groups in total. The Balaban J connectivity index is 1.87. The topological polar surface area (TPSA) is 55.8 Å². The second kappa shape index (κ2) is 10.2. The molecule has 0 spiro atoms. The Hall–Kier alpha value is -2.19. The van der Waals surface area contributed by atoms with Gasteiger partial charge in [-0.1, -0.05) is 30.4 Å². The summed E-state index contributed by atoms with van der Waals surface area (Å²) in [6.07, 6.45) is 1.55. The van der Waals surface area contributed by atoms with Crippen LogP contribution in [0.15, 0.2) is 59.0 Å². The first-order valence-corrected chi connectivity index (χ1v) is 10.4. The first-order chi connectivity index (χ1) is 14.0. The highest BCUT2D eigenvalue weighted by molar-refractivity contribution is 7.99. The van der Waals surface area contributed by atoms with Gasteiger partial charge >= 0.3 is 12.1 Å². The number of ether oxygens (including phenoxy) is 2. The fraction of sp³-hybridized carbons (Fsp3) is 0.409. The maximum atomic E-state index is 12.8. The minimum atomic E-state index is -4.37. The number of rotatable bonds is 9. The molecule has 2 rings (SSSR count). The Morgan fingerprint density at radius 1 is 1.37 bits per heavy atom. The van der Waals surface area contributed by atoms with E-state index in [1.807, 2.05) is 19.1 Å². The van der Waals surface area contributed by atoms with Crippen molar-refractivity contribution in [2.45, 2.75) is 37.9 Å². The molecule has 0 heterocycles. The Bertz CT molecular complexity index is 845. The van der Waals surface area contributed by atoms with Crippen LogP contribution in [0.2, 0.25) is 0 Å². The molecule has 0 saturated carbocycles. The van der Waals surface area contributed by atoms with Crippen molar-refractivity contribution in [1.82, 2.24) is 0 Å². The first-order valence-electron chi connectivity index (χ1n) is 9.41. The summed E-state index contributed by atoms with van der Waals surface area (Å²) in [5, 5.41) is 10.2. The number of aliphatic hydroxyl groups excluding tert-OH is 1. The van der Waals surface area contributed by atoms with Crippen molar-refractivity contribution in [3.63, 3.8) is 0 Å². The highest BCUT2D eigenvalue weighted by Gasteiger charge is 2.36. The molecule has 0 amide bonds. The van der Waals surface area contributed by atoms with E-state index >= 15 is 0 Å². The van der Waals surface area contributed by atoms with E-state index in [4.69, 9.17) is 9.47 Å². The number of allylic oxidation sites excluding steroid dienone is 5. The Morgan fingerprint density at radius 3 is 2.70 bits per heavy atom. The van der Waals surface area contributed by atoms with Crippen LogP contribution < -0.4 is 4.74 Å². The second-order valence-corrected chi connectivity index (χ2v) is 8.15. The molecule has 30 heavy (non-hydrogen) atoms. The molecular weight excluding hydrogens is 417 g/mol. The van der Waals surface area contributed by atoms with Crippen LogP contribution >= 0.6 is 11.8 Å². The van der Waals surface area contributed by atoms with Gasteiger partial charge in [-0.2, -0.15) is 13.2 Å². The number of hydrogen-bond acceptors (Lipinski definition) is 5. The fourth-order valence-electron chi connectivity index (χ4n) is 2.75. The molecule has 1 aromatic rings. The predicted molar refractivity (Wildman–Crippen MR) is 111 cm³/mol. The van der Waals surface area contributed by atoms with Gasteiger partial charge in [0.25, 0.3) is 0 Å². The maximum absolute atomic E-state index is 12.8. The van der Waals surface area contributed by atoms with E-state index in [-0.39, 0.29) is 6.61 Å². The van der Waals surface area contributed by atoms with Crippen molar-refractivity contribution in [3.8, 4) is 5.75 Å². The van der Waals surface area contributed by atoms with Gasteiger partial charge in [-0.05, 0) is 44.5 Å². The highest BCUT2D eigenvalue weighted by atomic mass is 32.2. The van der Waals surface area contributed by atoms with E-state index in [1.165, 1.54) is 23.9 Å². The van der Waals surface area contributed by atoms with Crippen LogP contribution in [0, 0.1) is 12.3 Å². The lowest BCUT2D eigenvalue weighted by Gasteiger charge is -2.15. The van der Waals surface area contributed by atoms with E-state index in [0.29, 0.717) is 18.1 Å². The summed E-state index contributed by atoms with van der Waals surface area (Å²) in [6, 6.07) is 5.43. The summed E-state index contributed by atoms with van der Waals surface area (Å²) in [4.78, 5) is 12.3. The number of alkyl halides is 3. The number of esters is 1. The number of hydrogen-bond donors (Lipinski definition) is 1. The van der Waals surface area contributed by atoms with Gasteiger partial charge in [0, 0.05) is 16.1 Å². The molecule has 164 valence electrons. The van der Waals surface area contributed by atoms with Gasteiger partial charge in [-0.15, -0.1) is 11.8 Å². The van der Waals surface area contributed by atoms with Crippen LogP contribution in [-0.2, 0) is 9.53 Å². The van der Waals surface area contributed by atoms with Crippen molar-refractivity contribution < 1.29 is 32.5 Å². The van der Waals surface area contributed by atoms with Crippen LogP contribution in [-0.4, -0.2) is 42.3 Å². The third-order valence-corrected chi connectivity index (χ3v) is 5.41. The number of halogens is 3. The summed E-state index contributed by atoms with van der Waals surface area (Å²) >= 11 is 1.41. The van der Waals surface area contributed by atoms with Gasteiger partial charge in [-0.3, -0.25) is 0 Å². The Labute approximate surface area is 178 Å². The summed E-state index contributed by atoms with van der Waals surface area (Å²) in [5.74, 6) is 0.475. The summed E-state index contributed by atoms with van der Waals surface area (Å²) in [6.45, 7) is 5.35. The van der Waals surface area contributed by atoms with Gasteiger partial charge in [0.2, 0.25) is 0 Å². The smallest absolute Gasteiger partial charge is 0.416 e. The number of aryl methyl sites for hydroxylation is 1. The monoisotopic (exact) mass is 442 g/mol. The molecular formula is C22H25F3O4S. The molecule has 4 nitrogen and oxygen atoms in total. The molecule has 8 heteroatoms. The number of benzene rings is 1. The Morgan fingerprint density at radius 2 is 2.10 bits per heavy atom. The van der Waals surface area contributed by atoms with Gasteiger partial charge in [0.15, 0.2) is 6.61 Å². The molecule has 1 aromatic carbocycles. The van der Waals surface area contributed by atoms with Gasteiger partial charge in [0.05, 0.1) is 18.3 Å². The molecule has 0 radical (unpaired) electrons. The fourth-order valence-corrected chi connectivity index (χ4v) is 3.65. The molecule has 1 aliphatic rings. The largest absolute Gasteiger partial charge is 0.482 e. The third-order valence-electron chi connectivity index (χ3n) is 4.31. The van der Waals surface area contributed by atoms with Gasteiger partial charge in [0.1, 0.15) is 5.75 Å². The Kier molecular flexibility index (Phi) is 8.20. The number of aliphatic hydroxyl groups is 1. The van der Waals surface area contributed by atoms with Crippen molar-refractivity contribution in [3.05, 3.63) is 59.7 Å². The third kappa shape index (κ3) is 7.25. The van der Waals surface area contributed by atoms with Gasteiger partial charge < -0.3 is 14.6 Å². The number of carbonyl (C=O) groups is 1. The predicted octanol–water partition coefficient (Wildman–Crippen LogP) is 5.01. The minimum absolute atomic E-state index is 0.164. The lowest BCUT2D eigenvalue weighted by molar-refractivity contribution is -0.145. The zero-order valence-corrected chi connectivity index (χ0v) is 17.8. The molecule has 0 aliphatic heterocycles.